The maximum atomic E-state index is 13.5. The van der Waals surface area contributed by atoms with Gasteiger partial charge in [-0.25, -0.2) is 4.39 Å². The van der Waals surface area contributed by atoms with Gasteiger partial charge in [0.2, 0.25) is 5.55 Å². The molecule has 0 saturated carbocycles. The quantitative estimate of drug-likeness (QED) is 0.757. The fourth-order valence-electron chi connectivity index (χ4n) is 2.00. The number of amides is 1. The number of fused-ring (bicyclic) bond motifs is 1. The highest BCUT2D eigenvalue weighted by Gasteiger charge is 2.13. The SMILES string of the molecule is N=c1oc2ccccc2cc1C(=O)Nc1ccccc1F. The van der Waals surface area contributed by atoms with E-state index in [-0.39, 0.29) is 16.8 Å². The maximum absolute atomic E-state index is 13.5. The lowest BCUT2D eigenvalue weighted by molar-refractivity contribution is 0.102. The zero-order valence-electron chi connectivity index (χ0n) is 10.9. The summed E-state index contributed by atoms with van der Waals surface area (Å²) in [5, 5.41) is 10.9. The number of para-hydroxylation sites is 2. The number of carbonyl (C=O) groups is 1. The van der Waals surface area contributed by atoms with Crippen molar-refractivity contribution in [3.05, 3.63) is 71.5 Å². The number of anilines is 1. The molecule has 1 heterocycles. The molecule has 0 saturated heterocycles. The van der Waals surface area contributed by atoms with Gasteiger partial charge in [0.1, 0.15) is 17.0 Å². The molecule has 2 N–H and O–H groups in total. The van der Waals surface area contributed by atoms with E-state index >= 15 is 0 Å². The summed E-state index contributed by atoms with van der Waals surface area (Å²) in [6.07, 6.45) is 0. The molecule has 5 heteroatoms. The van der Waals surface area contributed by atoms with E-state index in [1.165, 1.54) is 18.2 Å². The normalized spacial score (nSPS) is 10.5. The third-order valence-corrected chi connectivity index (χ3v) is 3.04. The van der Waals surface area contributed by atoms with Crippen molar-refractivity contribution in [2.24, 2.45) is 0 Å². The van der Waals surface area contributed by atoms with Crippen molar-refractivity contribution in [3.8, 4) is 0 Å². The summed E-state index contributed by atoms with van der Waals surface area (Å²) in [4.78, 5) is 12.2. The van der Waals surface area contributed by atoms with Crippen LogP contribution in [0.15, 0.2) is 59.0 Å². The number of nitrogens with one attached hydrogen (secondary N) is 2. The number of carbonyl (C=O) groups excluding carboxylic acids is 1. The summed E-state index contributed by atoms with van der Waals surface area (Å²) >= 11 is 0. The van der Waals surface area contributed by atoms with Crippen molar-refractivity contribution >= 4 is 22.6 Å². The van der Waals surface area contributed by atoms with Gasteiger partial charge in [0.25, 0.3) is 5.91 Å². The largest absolute Gasteiger partial charge is 0.438 e. The minimum atomic E-state index is -0.584. The first kappa shape index (κ1) is 13.1. The molecule has 3 aromatic rings. The molecule has 1 aromatic heterocycles. The standard InChI is InChI=1S/C16H11FN2O2/c17-12-6-2-3-7-13(12)19-16(20)11-9-10-5-1-4-8-14(10)21-15(11)18/h1-9,18H,(H,19,20). The van der Waals surface area contributed by atoms with Crippen LogP contribution < -0.4 is 10.9 Å². The molecule has 0 spiro atoms. The van der Waals surface area contributed by atoms with E-state index in [1.54, 1.807) is 36.4 Å². The third kappa shape index (κ3) is 2.53. The first-order chi connectivity index (χ1) is 10.1. The summed E-state index contributed by atoms with van der Waals surface area (Å²) < 4.78 is 18.8. The predicted molar refractivity (Wildman–Crippen MR) is 76.4 cm³/mol. The highest BCUT2D eigenvalue weighted by molar-refractivity contribution is 6.05. The number of halogens is 1. The fourth-order valence-corrected chi connectivity index (χ4v) is 2.00. The highest BCUT2D eigenvalue weighted by Crippen LogP contribution is 2.16. The van der Waals surface area contributed by atoms with Crippen LogP contribution in [-0.2, 0) is 0 Å². The molecule has 0 aliphatic carbocycles. The van der Waals surface area contributed by atoms with E-state index in [0.717, 1.165) is 0 Å². The van der Waals surface area contributed by atoms with Gasteiger partial charge < -0.3 is 9.73 Å². The Morgan fingerprint density at radius 3 is 2.62 bits per heavy atom. The molecule has 0 radical (unpaired) electrons. The zero-order valence-corrected chi connectivity index (χ0v) is 10.9. The zero-order chi connectivity index (χ0) is 14.8. The fraction of sp³-hybridized carbons (Fsp3) is 0. The molecule has 1 amide bonds. The van der Waals surface area contributed by atoms with Crippen LogP contribution >= 0.6 is 0 Å². The Labute approximate surface area is 119 Å². The monoisotopic (exact) mass is 282 g/mol. The van der Waals surface area contributed by atoms with Crippen LogP contribution in [0.4, 0.5) is 10.1 Å². The number of benzene rings is 2. The van der Waals surface area contributed by atoms with Gasteiger partial charge in [-0.3, -0.25) is 10.2 Å². The van der Waals surface area contributed by atoms with Crippen molar-refractivity contribution in [2.75, 3.05) is 5.32 Å². The Morgan fingerprint density at radius 2 is 1.81 bits per heavy atom. The van der Waals surface area contributed by atoms with E-state index in [0.29, 0.717) is 11.0 Å². The predicted octanol–water partition coefficient (Wildman–Crippen LogP) is 3.30. The second kappa shape index (κ2) is 5.20. The van der Waals surface area contributed by atoms with Gasteiger partial charge in [-0.05, 0) is 24.3 Å². The topological polar surface area (TPSA) is 66.1 Å². The number of rotatable bonds is 2. The molecule has 104 valence electrons. The summed E-state index contributed by atoms with van der Waals surface area (Å²) in [5.41, 5.74) is 0.375. The molecule has 4 nitrogen and oxygen atoms in total. The molecule has 0 fully saturated rings. The van der Waals surface area contributed by atoms with Crippen LogP contribution in [0.2, 0.25) is 0 Å². The lowest BCUT2D eigenvalue weighted by Gasteiger charge is -2.06. The average Bonchev–Trinajstić information content (AvgIpc) is 2.49. The second-order valence-electron chi connectivity index (χ2n) is 4.46. The molecule has 0 bridgehead atoms. The van der Waals surface area contributed by atoms with Crippen LogP contribution in [0.5, 0.6) is 0 Å². The first-order valence-electron chi connectivity index (χ1n) is 6.28. The summed E-state index contributed by atoms with van der Waals surface area (Å²) in [6, 6.07) is 14.5. The van der Waals surface area contributed by atoms with Crippen molar-refractivity contribution in [1.29, 1.82) is 5.41 Å². The van der Waals surface area contributed by atoms with Crippen molar-refractivity contribution < 1.29 is 13.6 Å². The Balaban J connectivity index is 2.00. The smallest absolute Gasteiger partial charge is 0.261 e. The van der Waals surface area contributed by atoms with E-state index < -0.39 is 11.7 Å². The van der Waals surface area contributed by atoms with Crippen LogP contribution in [0.25, 0.3) is 11.0 Å². The van der Waals surface area contributed by atoms with Crippen LogP contribution in [0.1, 0.15) is 10.4 Å². The van der Waals surface area contributed by atoms with Crippen LogP contribution in [0, 0.1) is 11.2 Å². The van der Waals surface area contributed by atoms with E-state index in [1.807, 2.05) is 0 Å². The molecule has 0 atom stereocenters. The highest BCUT2D eigenvalue weighted by atomic mass is 19.1. The molecule has 0 aliphatic heterocycles. The lowest BCUT2D eigenvalue weighted by Crippen LogP contribution is -2.21. The van der Waals surface area contributed by atoms with Gasteiger partial charge in [0.15, 0.2) is 0 Å². The molecule has 0 unspecified atom stereocenters. The van der Waals surface area contributed by atoms with Gasteiger partial charge >= 0.3 is 0 Å². The second-order valence-corrected chi connectivity index (χ2v) is 4.46. The van der Waals surface area contributed by atoms with E-state index in [2.05, 4.69) is 5.32 Å². The van der Waals surface area contributed by atoms with Crippen molar-refractivity contribution in [2.45, 2.75) is 0 Å². The van der Waals surface area contributed by atoms with Gasteiger partial charge in [-0.1, -0.05) is 30.3 Å². The van der Waals surface area contributed by atoms with Crippen molar-refractivity contribution in [1.82, 2.24) is 0 Å². The maximum Gasteiger partial charge on any atom is 0.261 e. The van der Waals surface area contributed by atoms with Gasteiger partial charge in [-0.15, -0.1) is 0 Å². The molecule has 0 aliphatic rings. The average molecular weight is 282 g/mol. The minimum Gasteiger partial charge on any atom is -0.438 e. The molecule has 2 aromatic carbocycles. The molecular formula is C16H11FN2O2. The van der Waals surface area contributed by atoms with Crippen molar-refractivity contribution in [3.63, 3.8) is 0 Å². The first-order valence-corrected chi connectivity index (χ1v) is 6.28. The lowest BCUT2D eigenvalue weighted by atomic mass is 10.1. The van der Waals surface area contributed by atoms with Gasteiger partial charge in [0, 0.05) is 5.39 Å². The summed E-state index contributed by atoms with van der Waals surface area (Å²) in [7, 11) is 0. The Kier molecular flexibility index (Phi) is 3.23. The van der Waals surface area contributed by atoms with Crippen LogP contribution in [0.3, 0.4) is 0 Å². The molecule has 3 rings (SSSR count). The van der Waals surface area contributed by atoms with Gasteiger partial charge in [0.05, 0.1) is 5.69 Å². The van der Waals surface area contributed by atoms with Gasteiger partial charge in [-0.2, -0.15) is 0 Å². The minimum absolute atomic E-state index is 0.0527. The Bertz CT molecular complexity index is 887. The molecular weight excluding hydrogens is 271 g/mol. The Hall–Kier alpha value is -2.95. The summed E-state index contributed by atoms with van der Waals surface area (Å²) in [5.74, 6) is -1.12. The summed E-state index contributed by atoms with van der Waals surface area (Å²) in [6.45, 7) is 0. The third-order valence-electron chi connectivity index (χ3n) is 3.04. The Morgan fingerprint density at radius 1 is 1.10 bits per heavy atom. The van der Waals surface area contributed by atoms with E-state index in [9.17, 15) is 9.18 Å². The van der Waals surface area contributed by atoms with Crippen LogP contribution in [-0.4, -0.2) is 5.91 Å². The number of hydrogen-bond acceptors (Lipinski definition) is 3. The van der Waals surface area contributed by atoms with E-state index in [4.69, 9.17) is 9.83 Å². The number of hydrogen-bond donors (Lipinski definition) is 2. The molecule has 21 heavy (non-hydrogen) atoms.